The van der Waals surface area contributed by atoms with Gasteiger partial charge in [-0.2, -0.15) is 5.26 Å². The van der Waals surface area contributed by atoms with E-state index in [1.807, 2.05) is 13.0 Å². The highest BCUT2D eigenvalue weighted by Gasteiger charge is 2.14. The second-order valence-electron chi connectivity index (χ2n) is 6.40. The summed E-state index contributed by atoms with van der Waals surface area (Å²) in [6.45, 7) is 3.39. The lowest BCUT2D eigenvalue weighted by Crippen LogP contribution is -2.21. The van der Waals surface area contributed by atoms with E-state index in [2.05, 4.69) is 10.5 Å². The van der Waals surface area contributed by atoms with E-state index in [9.17, 15) is 9.59 Å². The number of anilines is 1. The van der Waals surface area contributed by atoms with E-state index in [0.29, 0.717) is 22.8 Å². The van der Waals surface area contributed by atoms with Gasteiger partial charge in [-0.25, -0.2) is 4.79 Å². The summed E-state index contributed by atoms with van der Waals surface area (Å²) in [5.41, 5.74) is 2.51. The molecule has 0 bridgehead atoms. The molecule has 1 amide bonds. The largest absolute Gasteiger partial charge is 0.489 e. The molecule has 3 aromatic rings. The molecule has 0 aliphatic heterocycles. The van der Waals surface area contributed by atoms with Crippen molar-refractivity contribution in [2.24, 2.45) is 0 Å². The Hall–Kier alpha value is -4.12. The van der Waals surface area contributed by atoms with Gasteiger partial charge in [0.05, 0.1) is 28.1 Å². The number of para-hydroxylation sites is 1. The van der Waals surface area contributed by atoms with Crippen LogP contribution >= 0.6 is 0 Å². The number of hydrogen-bond acceptors (Lipinski definition) is 7. The topological polar surface area (TPSA) is 114 Å². The number of carbonyl (C=O) groups excluding carboxylic acids is 2. The van der Waals surface area contributed by atoms with Crippen LogP contribution in [0.1, 0.15) is 32.9 Å². The molecule has 8 nitrogen and oxygen atoms in total. The Morgan fingerprint density at radius 1 is 1.17 bits per heavy atom. The molecule has 0 fully saturated rings. The Morgan fingerprint density at radius 2 is 1.97 bits per heavy atom. The fourth-order valence-corrected chi connectivity index (χ4v) is 2.67. The number of nitrogens with zero attached hydrogens (tertiary/aromatic N) is 2. The van der Waals surface area contributed by atoms with Gasteiger partial charge in [0.2, 0.25) is 0 Å². The maximum Gasteiger partial charge on any atom is 0.338 e. The molecule has 0 saturated heterocycles. The first-order valence-electron chi connectivity index (χ1n) is 9.08. The monoisotopic (exact) mass is 405 g/mol. The summed E-state index contributed by atoms with van der Waals surface area (Å²) in [6, 6.07) is 15.0. The number of esters is 1. The third-order valence-electron chi connectivity index (χ3n) is 4.29. The van der Waals surface area contributed by atoms with Gasteiger partial charge in [-0.3, -0.25) is 4.79 Å². The summed E-state index contributed by atoms with van der Waals surface area (Å²) in [6.07, 6.45) is 0. The summed E-state index contributed by atoms with van der Waals surface area (Å²) in [4.78, 5) is 24.3. The Balaban J connectivity index is 1.56. The number of benzene rings is 2. The van der Waals surface area contributed by atoms with Gasteiger partial charge in [0.1, 0.15) is 24.2 Å². The van der Waals surface area contributed by atoms with Gasteiger partial charge in [-0.1, -0.05) is 23.4 Å². The zero-order chi connectivity index (χ0) is 21.5. The van der Waals surface area contributed by atoms with Crippen LogP contribution < -0.4 is 10.1 Å². The summed E-state index contributed by atoms with van der Waals surface area (Å²) in [7, 11) is 0. The van der Waals surface area contributed by atoms with Crippen LogP contribution in [0.2, 0.25) is 0 Å². The number of rotatable bonds is 7. The van der Waals surface area contributed by atoms with Crippen LogP contribution in [0, 0.1) is 25.2 Å². The third kappa shape index (κ3) is 5.02. The Labute approximate surface area is 173 Å². The number of nitriles is 1. The third-order valence-corrected chi connectivity index (χ3v) is 4.29. The number of nitrogens with one attached hydrogen (secondary N) is 1. The van der Waals surface area contributed by atoms with Crippen molar-refractivity contribution in [1.29, 1.82) is 5.26 Å². The van der Waals surface area contributed by atoms with E-state index >= 15 is 0 Å². The zero-order valence-electron chi connectivity index (χ0n) is 16.5. The van der Waals surface area contributed by atoms with E-state index < -0.39 is 18.5 Å². The van der Waals surface area contributed by atoms with Gasteiger partial charge in [-0.05, 0) is 44.2 Å². The molecule has 0 radical (unpaired) electrons. The second-order valence-corrected chi connectivity index (χ2v) is 6.40. The highest BCUT2D eigenvalue weighted by atomic mass is 16.5. The Kier molecular flexibility index (Phi) is 6.45. The van der Waals surface area contributed by atoms with Gasteiger partial charge in [0.15, 0.2) is 6.61 Å². The van der Waals surface area contributed by atoms with Gasteiger partial charge >= 0.3 is 5.97 Å². The van der Waals surface area contributed by atoms with E-state index in [-0.39, 0.29) is 12.2 Å². The van der Waals surface area contributed by atoms with Crippen molar-refractivity contribution in [2.45, 2.75) is 20.5 Å². The summed E-state index contributed by atoms with van der Waals surface area (Å²) in [5, 5.41) is 15.5. The fourth-order valence-electron chi connectivity index (χ4n) is 2.67. The quantitative estimate of drug-likeness (QED) is 0.598. The zero-order valence-corrected chi connectivity index (χ0v) is 16.5. The van der Waals surface area contributed by atoms with E-state index in [1.165, 1.54) is 6.07 Å². The molecule has 0 atom stereocenters. The standard InChI is InChI=1S/C22H19N3O5/c1-14-19(15(2)30-25-14)12-28-18-8-5-7-16(10-18)22(27)29-13-21(26)24-20-9-4-3-6-17(20)11-23/h3-10H,12-13H2,1-2H3,(H,24,26). The van der Waals surface area contributed by atoms with Crippen molar-refractivity contribution in [3.8, 4) is 11.8 Å². The number of amides is 1. The van der Waals surface area contributed by atoms with Crippen LogP contribution in [0.5, 0.6) is 5.75 Å². The van der Waals surface area contributed by atoms with E-state index in [1.54, 1.807) is 49.4 Å². The summed E-state index contributed by atoms with van der Waals surface area (Å²) >= 11 is 0. The molecule has 2 aromatic carbocycles. The highest BCUT2D eigenvalue weighted by molar-refractivity contribution is 5.96. The average Bonchev–Trinajstić information content (AvgIpc) is 3.08. The number of aromatic nitrogens is 1. The van der Waals surface area contributed by atoms with E-state index in [0.717, 1.165) is 11.3 Å². The molecular formula is C22H19N3O5. The van der Waals surface area contributed by atoms with Crippen LogP contribution in [0.3, 0.4) is 0 Å². The number of hydrogen-bond donors (Lipinski definition) is 1. The van der Waals surface area contributed by atoms with Gasteiger partial charge in [-0.15, -0.1) is 0 Å². The molecule has 0 spiro atoms. The lowest BCUT2D eigenvalue weighted by Gasteiger charge is -2.09. The van der Waals surface area contributed by atoms with Crippen molar-refractivity contribution >= 4 is 17.6 Å². The fraction of sp³-hybridized carbons (Fsp3) is 0.182. The van der Waals surface area contributed by atoms with Crippen LogP contribution in [-0.4, -0.2) is 23.6 Å². The summed E-state index contributed by atoms with van der Waals surface area (Å²) in [5.74, 6) is -0.0673. The van der Waals surface area contributed by atoms with Gasteiger partial charge < -0.3 is 19.3 Å². The van der Waals surface area contributed by atoms with Crippen molar-refractivity contribution in [3.05, 3.63) is 76.7 Å². The molecule has 0 saturated carbocycles. The first-order valence-corrected chi connectivity index (χ1v) is 9.08. The minimum atomic E-state index is -0.665. The highest BCUT2D eigenvalue weighted by Crippen LogP contribution is 2.19. The molecule has 0 unspecified atom stereocenters. The minimum Gasteiger partial charge on any atom is -0.489 e. The smallest absolute Gasteiger partial charge is 0.338 e. The molecule has 0 aliphatic carbocycles. The molecular weight excluding hydrogens is 386 g/mol. The van der Waals surface area contributed by atoms with Crippen molar-refractivity contribution in [1.82, 2.24) is 5.16 Å². The maximum atomic E-state index is 12.3. The Bertz CT molecular complexity index is 1090. The molecule has 1 aromatic heterocycles. The van der Waals surface area contributed by atoms with Gasteiger partial charge in [0, 0.05) is 0 Å². The predicted octanol–water partition coefficient (Wildman–Crippen LogP) is 3.54. The van der Waals surface area contributed by atoms with Gasteiger partial charge in [0.25, 0.3) is 5.91 Å². The van der Waals surface area contributed by atoms with Crippen molar-refractivity contribution in [2.75, 3.05) is 11.9 Å². The lowest BCUT2D eigenvalue weighted by molar-refractivity contribution is -0.119. The molecule has 30 heavy (non-hydrogen) atoms. The molecule has 8 heteroatoms. The van der Waals surface area contributed by atoms with Crippen LogP contribution in [0.15, 0.2) is 53.1 Å². The predicted molar refractivity (Wildman–Crippen MR) is 107 cm³/mol. The van der Waals surface area contributed by atoms with Crippen molar-refractivity contribution in [3.63, 3.8) is 0 Å². The number of aryl methyl sites for hydroxylation is 2. The first-order chi connectivity index (χ1) is 14.5. The molecule has 3 rings (SSSR count). The normalized spacial score (nSPS) is 10.2. The minimum absolute atomic E-state index is 0.247. The number of ether oxygens (including phenoxy) is 2. The maximum absolute atomic E-state index is 12.3. The SMILES string of the molecule is Cc1noc(C)c1COc1cccc(C(=O)OCC(=O)Nc2ccccc2C#N)c1. The van der Waals surface area contributed by atoms with E-state index in [4.69, 9.17) is 19.3 Å². The average molecular weight is 405 g/mol. The Morgan fingerprint density at radius 3 is 2.70 bits per heavy atom. The van der Waals surface area contributed by atoms with Crippen LogP contribution in [0.25, 0.3) is 0 Å². The molecule has 1 N–H and O–H groups in total. The molecule has 1 heterocycles. The number of carbonyl (C=O) groups is 2. The first kappa shape index (κ1) is 20.6. The summed E-state index contributed by atoms with van der Waals surface area (Å²) < 4.78 is 15.9. The van der Waals surface area contributed by atoms with Crippen LogP contribution in [-0.2, 0) is 16.1 Å². The van der Waals surface area contributed by atoms with Crippen LogP contribution in [0.4, 0.5) is 5.69 Å². The molecule has 0 aliphatic rings. The lowest BCUT2D eigenvalue weighted by atomic mass is 10.2. The van der Waals surface area contributed by atoms with Crippen molar-refractivity contribution < 1.29 is 23.6 Å². The molecule has 152 valence electrons. The second kappa shape index (κ2) is 9.39.